The van der Waals surface area contributed by atoms with E-state index in [1.54, 1.807) is 6.26 Å². The molecule has 0 fully saturated rings. The number of hydrogen-bond donors (Lipinski definition) is 0. The third-order valence-electron chi connectivity index (χ3n) is 3.20. The topological polar surface area (TPSA) is 120 Å². The number of halogens is 1. The third kappa shape index (κ3) is 3.01. The molecule has 2 aromatic rings. The van der Waals surface area contributed by atoms with E-state index in [0.29, 0.717) is 0 Å². The van der Waals surface area contributed by atoms with E-state index in [1.807, 2.05) is 24.3 Å². The lowest BCUT2D eigenvalue weighted by atomic mass is 10.0. The molecule has 2 aromatic carbocycles. The van der Waals surface area contributed by atoms with Crippen molar-refractivity contribution in [1.82, 2.24) is 0 Å². The van der Waals surface area contributed by atoms with E-state index in [-0.39, 0.29) is 0 Å². The average Bonchev–Trinajstić information content (AvgIpc) is 2.84. The minimum absolute atomic E-state index is 0.921. The molecule has 4 rings (SSSR count). The van der Waals surface area contributed by atoms with Gasteiger partial charge in [0.2, 0.25) is 11.2 Å². The van der Waals surface area contributed by atoms with Crippen molar-refractivity contribution in [2.24, 2.45) is 0 Å². The Morgan fingerprint density at radius 1 is 0.818 bits per heavy atom. The van der Waals surface area contributed by atoms with Crippen molar-refractivity contribution in [2.75, 3.05) is 0 Å². The van der Waals surface area contributed by atoms with Gasteiger partial charge in [0.05, 0.1) is 10.9 Å². The maximum atomic E-state index is 8.49. The molecule has 2 heterocycles. The van der Waals surface area contributed by atoms with E-state index in [9.17, 15) is 0 Å². The quantitative estimate of drug-likeness (QED) is 0.401. The number of aromatic amines is 1. The number of rotatable bonds is 0. The van der Waals surface area contributed by atoms with Crippen molar-refractivity contribution >= 4 is 21.9 Å². The zero-order chi connectivity index (χ0) is 15.7. The van der Waals surface area contributed by atoms with Crippen LogP contribution in [0.3, 0.4) is 0 Å². The molecule has 7 heteroatoms. The van der Waals surface area contributed by atoms with Crippen LogP contribution in [0.25, 0.3) is 33.1 Å². The first-order valence-corrected chi connectivity index (χ1v) is 7.48. The molecular weight excluding hydrogens is 310 g/mol. The summed E-state index contributed by atoms with van der Waals surface area (Å²) < 4.78 is 39.6. The van der Waals surface area contributed by atoms with Crippen LogP contribution >= 0.6 is 0 Å². The molecule has 6 nitrogen and oxygen atoms in total. The number of hydrogen-bond acceptors (Lipinski definition) is 5. The second kappa shape index (κ2) is 5.53. The molecule has 0 saturated carbocycles. The van der Waals surface area contributed by atoms with Crippen molar-refractivity contribution < 1.29 is 38.3 Å². The lowest BCUT2D eigenvalue weighted by molar-refractivity contribution is -2.00. The minimum Gasteiger partial charge on any atom is -0.457 e. The Hall–Kier alpha value is -2.22. The van der Waals surface area contributed by atoms with Gasteiger partial charge in [0, 0.05) is 11.5 Å². The van der Waals surface area contributed by atoms with Gasteiger partial charge >= 0.3 is 0 Å². The Bertz CT molecular complexity index is 887. The SMILES string of the molecule is [O-][Cl+3]([O-])([O-])[O-].c1ccc2c3c4ccccc4occ-3[nH+]c2c1. The molecule has 0 bridgehead atoms. The summed E-state index contributed by atoms with van der Waals surface area (Å²) in [5.74, 6) is 0. The highest BCUT2D eigenvalue weighted by atomic mass is 35.7. The van der Waals surface area contributed by atoms with Gasteiger partial charge < -0.3 is 4.42 Å². The Morgan fingerprint density at radius 2 is 1.41 bits per heavy atom. The first kappa shape index (κ1) is 14.7. The van der Waals surface area contributed by atoms with Gasteiger partial charge in [-0.1, -0.05) is 30.3 Å². The molecule has 0 amide bonds. The second-order valence-electron chi connectivity index (χ2n) is 4.57. The highest BCUT2D eigenvalue weighted by Gasteiger charge is 2.21. The van der Waals surface area contributed by atoms with Crippen LogP contribution < -0.4 is 23.6 Å². The normalized spacial score (nSPS) is 11.6. The lowest BCUT2D eigenvalue weighted by Gasteiger charge is -2.17. The van der Waals surface area contributed by atoms with Crippen LogP contribution in [0.4, 0.5) is 0 Å². The van der Waals surface area contributed by atoms with Crippen molar-refractivity contribution in [1.29, 1.82) is 0 Å². The number of fused-ring (bicyclic) bond motifs is 5. The van der Waals surface area contributed by atoms with Crippen LogP contribution in [0.15, 0.2) is 59.2 Å². The van der Waals surface area contributed by atoms with Crippen molar-refractivity contribution in [2.45, 2.75) is 0 Å². The van der Waals surface area contributed by atoms with Gasteiger partial charge in [0.1, 0.15) is 5.58 Å². The summed E-state index contributed by atoms with van der Waals surface area (Å²) in [6, 6.07) is 16.5. The maximum absolute atomic E-state index is 8.49. The highest BCUT2D eigenvalue weighted by Crippen LogP contribution is 2.34. The molecule has 0 atom stereocenters. The van der Waals surface area contributed by atoms with Gasteiger partial charge in [-0.15, -0.1) is 10.2 Å². The van der Waals surface area contributed by atoms with Crippen molar-refractivity contribution in [3.05, 3.63) is 54.8 Å². The zero-order valence-corrected chi connectivity index (χ0v) is 11.9. The number of H-pyrrole nitrogens is 1. The average molecular weight is 320 g/mol. The largest absolute Gasteiger partial charge is 0.457 e. The number of aromatic nitrogens is 1. The third-order valence-corrected chi connectivity index (χ3v) is 3.20. The van der Waals surface area contributed by atoms with Crippen LogP contribution in [0.5, 0.6) is 0 Å². The van der Waals surface area contributed by atoms with Crippen LogP contribution in [0, 0.1) is 10.2 Å². The van der Waals surface area contributed by atoms with E-state index in [0.717, 1.165) is 22.2 Å². The Kier molecular flexibility index (Phi) is 3.69. The van der Waals surface area contributed by atoms with Crippen LogP contribution in [-0.2, 0) is 0 Å². The molecule has 0 spiro atoms. The summed E-state index contributed by atoms with van der Waals surface area (Å²) in [7, 11) is -4.94. The molecule has 2 aliphatic rings. The Morgan fingerprint density at radius 3 is 2.14 bits per heavy atom. The van der Waals surface area contributed by atoms with E-state index in [4.69, 9.17) is 23.1 Å². The monoisotopic (exact) mass is 319 g/mol. The fraction of sp³-hybridized carbons (Fsp3) is 0. The van der Waals surface area contributed by atoms with Gasteiger partial charge in [0.15, 0.2) is 6.26 Å². The summed E-state index contributed by atoms with van der Waals surface area (Å²) in [6.07, 6.45) is 1.79. The molecule has 2 aliphatic heterocycles. The van der Waals surface area contributed by atoms with Gasteiger partial charge in [-0.2, -0.15) is 0 Å². The molecule has 0 aromatic heterocycles. The molecule has 0 saturated heterocycles. The van der Waals surface area contributed by atoms with Gasteiger partial charge in [0.25, 0.3) is 0 Å². The zero-order valence-electron chi connectivity index (χ0n) is 11.1. The number of para-hydroxylation sites is 2. The predicted molar refractivity (Wildman–Crippen MR) is 66.9 cm³/mol. The fourth-order valence-corrected chi connectivity index (χ4v) is 2.44. The van der Waals surface area contributed by atoms with Gasteiger partial charge in [-0.3, -0.25) is 0 Å². The summed E-state index contributed by atoms with van der Waals surface area (Å²) in [5, 5.41) is 2.40. The molecular formula is C15H10ClNO5. The highest BCUT2D eigenvalue weighted by molar-refractivity contribution is 6.06. The Balaban J connectivity index is 0.000000254. The summed E-state index contributed by atoms with van der Waals surface area (Å²) >= 11 is 0. The van der Waals surface area contributed by atoms with Crippen LogP contribution in [0.2, 0.25) is 0 Å². The summed E-state index contributed by atoms with van der Waals surface area (Å²) in [6.45, 7) is 0. The van der Waals surface area contributed by atoms with Gasteiger partial charge in [-0.05, 0) is 12.1 Å². The van der Waals surface area contributed by atoms with E-state index < -0.39 is 10.2 Å². The van der Waals surface area contributed by atoms with Crippen LogP contribution in [-0.4, -0.2) is 0 Å². The molecule has 0 aliphatic carbocycles. The predicted octanol–water partition coefficient (Wildman–Crippen LogP) is -1.25. The lowest BCUT2D eigenvalue weighted by Crippen LogP contribution is -2.68. The smallest absolute Gasteiger partial charge is 0.248 e. The molecule has 22 heavy (non-hydrogen) atoms. The Labute approximate surface area is 126 Å². The number of nitrogens with one attached hydrogen (secondary N) is 1. The molecule has 0 radical (unpaired) electrons. The van der Waals surface area contributed by atoms with E-state index >= 15 is 0 Å². The molecule has 112 valence electrons. The maximum Gasteiger partial charge on any atom is 0.248 e. The van der Waals surface area contributed by atoms with Crippen molar-refractivity contribution in [3.8, 4) is 11.3 Å². The minimum atomic E-state index is -4.94. The van der Waals surface area contributed by atoms with Crippen LogP contribution in [0.1, 0.15) is 0 Å². The van der Waals surface area contributed by atoms with Crippen molar-refractivity contribution in [3.63, 3.8) is 0 Å². The second-order valence-corrected chi connectivity index (χ2v) is 5.33. The first-order valence-electron chi connectivity index (χ1n) is 6.25. The molecule has 0 unspecified atom stereocenters. The summed E-state index contributed by atoms with van der Waals surface area (Å²) in [4.78, 5) is 3.38. The number of benzene rings is 2. The van der Waals surface area contributed by atoms with Gasteiger partial charge in [-0.25, -0.2) is 23.6 Å². The van der Waals surface area contributed by atoms with E-state index in [2.05, 4.69) is 29.2 Å². The van der Waals surface area contributed by atoms with E-state index in [1.165, 1.54) is 10.9 Å². The standard InChI is InChI=1S/C15H9NO.ClHO4/c1-3-7-12-10(5-1)15-11-6-2-4-8-14(11)17-9-13(15)16-12;2-1(3,4)5/h1-9H;(H,2,3,4,5). The first-order chi connectivity index (χ1) is 10.4. The summed E-state index contributed by atoms with van der Waals surface area (Å²) in [5.41, 5.74) is 4.35. The molecule has 1 N–H and O–H groups in total. The fourth-order valence-electron chi connectivity index (χ4n) is 2.44.